The second-order valence-electron chi connectivity index (χ2n) is 3.36. The standard InChI is InChI=1S/C11H11NO3S/c1-3-7-4-5-16-9(7)10-12-8(11(13)14)6(2)15-10/h4-5H,3H2,1-2H3,(H,13,14). The third kappa shape index (κ3) is 1.74. The fourth-order valence-electron chi connectivity index (χ4n) is 1.49. The minimum absolute atomic E-state index is 0.00884. The van der Waals surface area contributed by atoms with E-state index < -0.39 is 5.97 Å². The summed E-state index contributed by atoms with van der Waals surface area (Å²) in [5.41, 5.74) is 1.12. The van der Waals surface area contributed by atoms with Crippen LogP contribution in [0.2, 0.25) is 0 Å². The molecule has 0 radical (unpaired) electrons. The number of carboxylic acids is 1. The van der Waals surface area contributed by atoms with E-state index in [0.717, 1.165) is 16.9 Å². The van der Waals surface area contributed by atoms with Crippen molar-refractivity contribution in [3.63, 3.8) is 0 Å². The van der Waals surface area contributed by atoms with Crippen LogP contribution >= 0.6 is 11.3 Å². The monoisotopic (exact) mass is 237 g/mol. The third-order valence-corrected chi connectivity index (χ3v) is 3.27. The van der Waals surface area contributed by atoms with Crippen molar-refractivity contribution < 1.29 is 14.3 Å². The second kappa shape index (κ2) is 4.09. The summed E-state index contributed by atoms with van der Waals surface area (Å²) < 4.78 is 5.38. The number of aromatic nitrogens is 1. The van der Waals surface area contributed by atoms with E-state index in [9.17, 15) is 4.79 Å². The molecule has 0 saturated heterocycles. The van der Waals surface area contributed by atoms with Crippen molar-refractivity contribution in [3.05, 3.63) is 28.5 Å². The fraction of sp³-hybridized carbons (Fsp3) is 0.273. The van der Waals surface area contributed by atoms with Crippen LogP contribution in [0.1, 0.15) is 28.7 Å². The van der Waals surface area contributed by atoms with Crippen LogP contribution in [0, 0.1) is 6.92 Å². The van der Waals surface area contributed by atoms with E-state index in [1.165, 1.54) is 11.3 Å². The molecule has 0 fully saturated rings. The zero-order valence-corrected chi connectivity index (χ0v) is 9.80. The summed E-state index contributed by atoms with van der Waals surface area (Å²) in [7, 11) is 0. The van der Waals surface area contributed by atoms with Crippen molar-refractivity contribution in [2.45, 2.75) is 20.3 Å². The molecule has 0 amide bonds. The molecule has 5 heteroatoms. The van der Waals surface area contributed by atoms with Crippen LogP contribution < -0.4 is 0 Å². The summed E-state index contributed by atoms with van der Waals surface area (Å²) in [5.74, 6) is -0.304. The van der Waals surface area contributed by atoms with Crippen LogP contribution in [-0.4, -0.2) is 16.1 Å². The number of nitrogens with zero attached hydrogens (tertiary/aromatic N) is 1. The molecule has 0 saturated carbocycles. The van der Waals surface area contributed by atoms with Crippen molar-refractivity contribution in [2.24, 2.45) is 0 Å². The predicted molar refractivity (Wildman–Crippen MR) is 60.9 cm³/mol. The van der Waals surface area contributed by atoms with Gasteiger partial charge in [-0.1, -0.05) is 6.92 Å². The Morgan fingerprint density at radius 3 is 2.94 bits per heavy atom. The molecule has 0 aromatic carbocycles. The molecule has 0 aliphatic carbocycles. The summed E-state index contributed by atoms with van der Waals surface area (Å²) in [6.07, 6.45) is 0.878. The molecule has 0 unspecified atom stereocenters. The molecule has 0 aliphatic rings. The Labute approximate surface area is 96.6 Å². The molecule has 0 bridgehead atoms. The fourth-order valence-corrected chi connectivity index (χ4v) is 2.41. The van der Waals surface area contributed by atoms with Gasteiger partial charge in [-0.05, 0) is 30.4 Å². The Balaban J connectivity index is 2.49. The Kier molecular flexibility index (Phi) is 2.78. The molecule has 2 aromatic rings. The molecule has 1 N–H and O–H groups in total. The first-order valence-electron chi connectivity index (χ1n) is 4.91. The van der Waals surface area contributed by atoms with Gasteiger partial charge in [-0.2, -0.15) is 0 Å². The summed E-state index contributed by atoms with van der Waals surface area (Å²) in [6.45, 7) is 3.65. The van der Waals surface area contributed by atoms with Gasteiger partial charge in [-0.15, -0.1) is 11.3 Å². The normalized spacial score (nSPS) is 10.6. The number of thiophene rings is 1. The highest BCUT2D eigenvalue weighted by Crippen LogP contribution is 2.30. The first-order chi connectivity index (χ1) is 7.63. The zero-order chi connectivity index (χ0) is 11.7. The summed E-state index contributed by atoms with van der Waals surface area (Å²) >= 11 is 1.51. The smallest absolute Gasteiger partial charge is 0.358 e. The molecule has 2 aromatic heterocycles. The lowest BCUT2D eigenvalue weighted by molar-refractivity contribution is 0.0689. The molecule has 84 valence electrons. The number of aryl methyl sites for hydroxylation is 2. The van der Waals surface area contributed by atoms with E-state index in [1.54, 1.807) is 6.92 Å². The summed E-state index contributed by atoms with van der Waals surface area (Å²) in [4.78, 5) is 15.8. The van der Waals surface area contributed by atoms with Gasteiger partial charge in [0.05, 0.1) is 4.88 Å². The maximum Gasteiger partial charge on any atom is 0.358 e. The topological polar surface area (TPSA) is 63.3 Å². The SMILES string of the molecule is CCc1ccsc1-c1nc(C(=O)O)c(C)o1. The molecule has 0 aliphatic heterocycles. The first kappa shape index (κ1) is 10.9. The summed E-state index contributed by atoms with van der Waals surface area (Å²) in [6, 6.07) is 2.00. The van der Waals surface area contributed by atoms with Gasteiger partial charge in [-0.25, -0.2) is 9.78 Å². The Hall–Kier alpha value is -1.62. The van der Waals surface area contributed by atoms with Crippen LogP contribution in [0.15, 0.2) is 15.9 Å². The second-order valence-corrected chi connectivity index (χ2v) is 4.27. The van der Waals surface area contributed by atoms with Crippen LogP contribution in [0.3, 0.4) is 0 Å². The van der Waals surface area contributed by atoms with Crippen molar-refractivity contribution in [1.29, 1.82) is 0 Å². The Bertz CT molecular complexity index is 527. The van der Waals surface area contributed by atoms with Crippen molar-refractivity contribution in [2.75, 3.05) is 0 Å². The number of oxazole rings is 1. The van der Waals surface area contributed by atoms with Gasteiger partial charge in [-0.3, -0.25) is 0 Å². The number of rotatable bonds is 3. The minimum atomic E-state index is -1.05. The highest BCUT2D eigenvalue weighted by Gasteiger charge is 2.19. The lowest BCUT2D eigenvalue weighted by Crippen LogP contribution is -1.98. The lowest BCUT2D eigenvalue weighted by atomic mass is 10.2. The Morgan fingerprint density at radius 2 is 2.38 bits per heavy atom. The molecule has 2 heterocycles. The van der Waals surface area contributed by atoms with Crippen molar-refractivity contribution >= 4 is 17.3 Å². The maximum atomic E-state index is 10.8. The van der Waals surface area contributed by atoms with E-state index in [0.29, 0.717) is 11.7 Å². The number of aromatic carboxylic acids is 1. The Morgan fingerprint density at radius 1 is 1.62 bits per heavy atom. The van der Waals surface area contributed by atoms with Gasteiger partial charge in [0.2, 0.25) is 5.89 Å². The van der Waals surface area contributed by atoms with Gasteiger partial charge in [0, 0.05) is 0 Å². The molecule has 2 rings (SSSR count). The van der Waals surface area contributed by atoms with E-state index in [4.69, 9.17) is 9.52 Å². The van der Waals surface area contributed by atoms with Crippen molar-refractivity contribution in [3.8, 4) is 10.8 Å². The highest BCUT2D eigenvalue weighted by molar-refractivity contribution is 7.13. The summed E-state index contributed by atoms with van der Waals surface area (Å²) in [5, 5.41) is 10.8. The molecule has 4 nitrogen and oxygen atoms in total. The van der Waals surface area contributed by atoms with E-state index in [2.05, 4.69) is 4.98 Å². The minimum Gasteiger partial charge on any atom is -0.476 e. The number of carbonyl (C=O) groups is 1. The maximum absolute atomic E-state index is 10.8. The quantitative estimate of drug-likeness (QED) is 0.891. The molecule has 0 atom stereocenters. The average molecular weight is 237 g/mol. The van der Waals surface area contributed by atoms with E-state index in [1.807, 2.05) is 18.4 Å². The highest BCUT2D eigenvalue weighted by atomic mass is 32.1. The number of carboxylic acid groups (broad SMARTS) is 1. The average Bonchev–Trinajstić information content (AvgIpc) is 2.82. The van der Waals surface area contributed by atoms with Gasteiger partial charge in [0.1, 0.15) is 5.76 Å². The van der Waals surface area contributed by atoms with Crippen LogP contribution in [0.4, 0.5) is 0 Å². The number of hydrogen-bond donors (Lipinski definition) is 1. The van der Waals surface area contributed by atoms with E-state index in [-0.39, 0.29) is 5.69 Å². The third-order valence-electron chi connectivity index (χ3n) is 2.32. The van der Waals surface area contributed by atoms with Gasteiger partial charge in [0.15, 0.2) is 5.69 Å². The molecule has 0 spiro atoms. The molecular weight excluding hydrogens is 226 g/mol. The van der Waals surface area contributed by atoms with Crippen molar-refractivity contribution in [1.82, 2.24) is 4.98 Å². The zero-order valence-electron chi connectivity index (χ0n) is 8.98. The largest absolute Gasteiger partial charge is 0.476 e. The van der Waals surface area contributed by atoms with Crippen LogP contribution in [0.5, 0.6) is 0 Å². The molecule has 16 heavy (non-hydrogen) atoms. The molecular formula is C11H11NO3S. The van der Waals surface area contributed by atoms with Gasteiger partial charge in [0.25, 0.3) is 0 Å². The first-order valence-corrected chi connectivity index (χ1v) is 5.79. The van der Waals surface area contributed by atoms with E-state index >= 15 is 0 Å². The van der Waals surface area contributed by atoms with Gasteiger partial charge >= 0.3 is 5.97 Å². The number of hydrogen-bond acceptors (Lipinski definition) is 4. The lowest BCUT2D eigenvalue weighted by Gasteiger charge is -1.94. The van der Waals surface area contributed by atoms with Crippen LogP contribution in [0.25, 0.3) is 10.8 Å². The van der Waals surface area contributed by atoms with Crippen LogP contribution in [-0.2, 0) is 6.42 Å². The van der Waals surface area contributed by atoms with Gasteiger partial charge < -0.3 is 9.52 Å². The predicted octanol–water partition coefficient (Wildman–Crippen LogP) is 2.97.